The van der Waals surface area contributed by atoms with Gasteiger partial charge in [-0.2, -0.15) is 0 Å². The van der Waals surface area contributed by atoms with Crippen molar-refractivity contribution in [3.8, 4) is 0 Å². The summed E-state index contributed by atoms with van der Waals surface area (Å²) in [5, 5.41) is 9.43. The molecule has 0 spiro atoms. The molecule has 1 aromatic heterocycles. The van der Waals surface area contributed by atoms with Crippen LogP contribution >= 0.6 is 0 Å². The molecule has 6 rings (SSSR count). The van der Waals surface area contributed by atoms with Crippen LogP contribution in [0.4, 0.5) is 5.69 Å². The monoisotopic (exact) mass is 423 g/mol. The van der Waals surface area contributed by atoms with Crippen molar-refractivity contribution in [1.29, 1.82) is 0 Å². The molecule has 0 saturated carbocycles. The standard InChI is InChI=1S/C28H29N3O/c1-2-9-23-17-20(11-12-21(23)7-1)18-26-24-10-4-3-8-22(24)13-14-25(26)28-27(19-32-30-28)29-31-15-5-6-16-31/h1-4,7-12,17,19,25-26,29H,5-6,13-16,18H2. The fourth-order valence-corrected chi connectivity index (χ4v) is 5.65. The van der Waals surface area contributed by atoms with Gasteiger partial charge >= 0.3 is 0 Å². The molecule has 0 radical (unpaired) electrons. The van der Waals surface area contributed by atoms with E-state index in [1.54, 1.807) is 6.26 Å². The maximum absolute atomic E-state index is 5.51. The van der Waals surface area contributed by atoms with Gasteiger partial charge in [-0.25, -0.2) is 5.01 Å². The maximum atomic E-state index is 5.51. The molecule has 2 unspecified atom stereocenters. The first-order valence-electron chi connectivity index (χ1n) is 11.9. The summed E-state index contributed by atoms with van der Waals surface area (Å²) in [6, 6.07) is 24.5. The molecule has 0 bridgehead atoms. The summed E-state index contributed by atoms with van der Waals surface area (Å²) in [6.45, 7) is 2.16. The minimum atomic E-state index is 0.334. The van der Waals surface area contributed by atoms with Gasteiger partial charge in [0.1, 0.15) is 17.6 Å². The van der Waals surface area contributed by atoms with Crippen molar-refractivity contribution in [3.05, 3.63) is 95.4 Å². The first-order valence-corrected chi connectivity index (χ1v) is 11.9. The molecule has 162 valence electrons. The summed E-state index contributed by atoms with van der Waals surface area (Å²) >= 11 is 0. The molecule has 1 fully saturated rings. The predicted molar refractivity (Wildman–Crippen MR) is 129 cm³/mol. The van der Waals surface area contributed by atoms with E-state index in [0.717, 1.165) is 43.7 Å². The average molecular weight is 424 g/mol. The van der Waals surface area contributed by atoms with Crippen molar-refractivity contribution in [2.45, 2.75) is 43.9 Å². The molecule has 4 heteroatoms. The van der Waals surface area contributed by atoms with Crippen LogP contribution in [0, 0.1) is 0 Å². The van der Waals surface area contributed by atoms with Crippen molar-refractivity contribution in [2.75, 3.05) is 18.5 Å². The zero-order valence-electron chi connectivity index (χ0n) is 18.3. The Balaban J connectivity index is 1.36. The summed E-state index contributed by atoms with van der Waals surface area (Å²) in [7, 11) is 0. The van der Waals surface area contributed by atoms with Crippen molar-refractivity contribution in [3.63, 3.8) is 0 Å². The molecular weight excluding hydrogens is 394 g/mol. The number of hydrogen-bond acceptors (Lipinski definition) is 4. The lowest BCUT2D eigenvalue weighted by atomic mass is 9.71. The Labute approximate surface area is 189 Å². The third kappa shape index (κ3) is 3.69. The number of benzene rings is 3. The van der Waals surface area contributed by atoms with Gasteiger partial charge in [0, 0.05) is 19.0 Å². The van der Waals surface area contributed by atoms with Crippen molar-refractivity contribution >= 4 is 16.5 Å². The van der Waals surface area contributed by atoms with E-state index in [1.807, 2.05) is 0 Å². The lowest BCUT2D eigenvalue weighted by molar-refractivity contribution is 0.384. The van der Waals surface area contributed by atoms with Crippen LogP contribution in [-0.4, -0.2) is 23.3 Å². The molecule has 4 nitrogen and oxygen atoms in total. The van der Waals surface area contributed by atoms with Crippen LogP contribution in [-0.2, 0) is 12.8 Å². The van der Waals surface area contributed by atoms with Crippen molar-refractivity contribution in [2.24, 2.45) is 0 Å². The molecular formula is C28H29N3O. The molecule has 32 heavy (non-hydrogen) atoms. The molecule has 1 aliphatic heterocycles. The Morgan fingerprint density at radius 1 is 0.938 bits per heavy atom. The Bertz CT molecular complexity index is 1220. The van der Waals surface area contributed by atoms with Crippen molar-refractivity contribution < 1.29 is 4.52 Å². The number of anilines is 1. The number of nitrogens with zero attached hydrogens (tertiary/aromatic N) is 2. The van der Waals surface area contributed by atoms with Gasteiger partial charge in [0.25, 0.3) is 0 Å². The van der Waals surface area contributed by atoms with Crippen LogP contribution in [0.1, 0.15) is 53.5 Å². The van der Waals surface area contributed by atoms with Crippen LogP contribution < -0.4 is 5.43 Å². The molecule has 4 aromatic rings. The first-order chi connectivity index (χ1) is 15.8. The fraction of sp³-hybridized carbons (Fsp3) is 0.321. The van der Waals surface area contributed by atoms with Crippen LogP contribution in [0.3, 0.4) is 0 Å². The van der Waals surface area contributed by atoms with Crippen molar-refractivity contribution in [1.82, 2.24) is 10.2 Å². The molecule has 3 aromatic carbocycles. The second-order valence-electron chi connectivity index (χ2n) is 9.26. The van der Waals surface area contributed by atoms with E-state index in [1.165, 1.54) is 40.3 Å². The van der Waals surface area contributed by atoms with Gasteiger partial charge in [0.15, 0.2) is 0 Å². The second kappa shape index (κ2) is 8.44. The second-order valence-corrected chi connectivity index (χ2v) is 9.26. The molecule has 2 heterocycles. The Morgan fingerprint density at radius 2 is 1.75 bits per heavy atom. The van der Waals surface area contributed by atoms with Crippen LogP contribution in [0.2, 0.25) is 0 Å². The summed E-state index contributed by atoms with van der Waals surface area (Å²) in [5.41, 5.74) is 10.0. The van der Waals surface area contributed by atoms with E-state index >= 15 is 0 Å². The largest absolute Gasteiger partial charge is 0.362 e. The van der Waals surface area contributed by atoms with Gasteiger partial charge in [-0.1, -0.05) is 71.9 Å². The van der Waals surface area contributed by atoms with Crippen LogP contribution in [0.25, 0.3) is 10.8 Å². The number of rotatable bonds is 5. The van der Waals surface area contributed by atoms with Gasteiger partial charge in [-0.15, -0.1) is 0 Å². The summed E-state index contributed by atoms with van der Waals surface area (Å²) in [5.74, 6) is 0.713. The van der Waals surface area contributed by atoms with Crippen LogP contribution in [0.5, 0.6) is 0 Å². The van der Waals surface area contributed by atoms with E-state index in [4.69, 9.17) is 4.52 Å². The lowest BCUT2D eigenvalue weighted by Crippen LogP contribution is -2.28. The zero-order chi connectivity index (χ0) is 21.3. The predicted octanol–water partition coefficient (Wildman–Crippen LogP) is 6.31. The highest BCUT2D eigenvalue weighted by atomic mass is 16.5. The van der Waals surface area contributed by atoms with Crippen LogP contribution in [0.15, 0.2) is 77.5 Å². The minimum Gasteiger partial charge on any atom is -0.362 e. The lowest BCUT2D eigenvalue weighted by Gasteiger charge is -2.33. The Kier molecular flexibility index (Phi) is 5.16. The van der Waals surface area contributed by atoms with E-state index in [9.17, 15) is 0 Å². The Hall–Kier alpha value is -3.11. The number of fused-ring (bicyclic) bond motifs is 2. The fourth-order valence-electron chi connectivity index (χ4n) is 5.65. The highest BCUT2D eigenvalue weighted by Crippen LogP contribution is 2.46. The minimum absolute atomic E-state index is 0.334. The Morgan fingerprint density at radius 3 is 2.66 bits per heavy atom. The number of hydrogen-bond donors (Lipinski definition) is 1. The van der Waals surface area contributed by atoms with Gasteiger partial charge in [0.2, 0.25) is 0 Å². The van der Waals surface area contributed by atoms with Gasteiger partial charge in [0.05, 0.1) is 0 Å². The molecule has 1 saturated heterocycles. The summed E-state index contributed by atoms with van der Waals surface area (Å²) < 4.78 is 5.51. The van der Waals surface area contributed by atoms with Gasteiger partial charge < -0.3 is 9.95 Å². The summed E-state index contributed by atoms with van der Waals surface area (Å²) in [4.78, 5) is 0. The SMILES string of the molecule is c1ccc2c(c1)CCC(c1nocc1NN1CCCC1)C2Cc1ccc2ccccc2c1. The first kappa shape index (κ1) is 19.6. The molecule has 1 N–H and O–H groups in total. The number of nitrogens with one attached hydrogen (secondary N) is 1. The highest BCUT2D eigenvalue weighted by molar-refractivity contribution is 5.83. The van der Waals surface area contributed by atoms with Gasteiger partial charge in [-0.05, 0) is 65.5 Å². The molecule has 2 atom stereocenters. The van der Waals surface area contributed by atoms with E-state index < -0.39 is 0 Å². The van der Waals surface area contributed by atoms with Gasteiger partial charge in [-0.3, -0.25) is 0 Å². The quantitative estimate of drug-likeness (QED) is 0.409. The van der Waals surface area contributed by atoms with E-state index in [0.29, 0.717) is 11.8 Å². The molecule has 1 aliphatic carbocycles. The maximum Gasteiger partial charge on any atom is 0.148 e. The topological polar surface area (TPSA) is 41.3 Å². The number of aryl methyl sites for hydroxylation is 1. The highest BCUT2D eigenvalue weighted by Gasteiger charge is 2.34. The third-order valence-corrected chi connectivity index (χ3v) is 7.27. The average Bonchev–Trinajstić information content (AvgIpc) is 3.52. The third-order valence-electron chi connectivity index (χ3n) is 7.27. The molecule has 2 aliphatic rings. The summed E-state index contributed by atoms with van der Waals surface area (Å²) in [6.07, 6.45) is 7.47. The normalized spacial score (nSPS) is 21.0. The molecule has 0 amide bonds. The number of aromatic nitrogens is 1. The zero-order valence-corrected chi connectivity index (χ0v) is 18.3. The smallest absolute Gasteiger partial charge is 0.148 e. The van der Waals surface area contributed by atoms with E-state index in [2.05, 4.69) is 82.3 Å². The van der Waals surface area contributed by atoms with E-state index in [-0.39, 0.29) is 0 Å². The number of hydrazine groups is 1.